The maximum absolute atomic E-state index is 13.5. The van der Waals surface area contributed by atoms with Crippen LogP contribution in [0.4, 0.5) is 0 Å². The molecule has 2 aliphatic rings. The van der Waals surface area contributed by atoms with Crippen molar-refractivity contribution in [2.24, 2.45) is 5.41 Å². The van der Waals surface area contributed by atoms with Gasteiger partial charge in [-0.25, -0.2) is 0 Å². The van der Waals surface area contributed by atoms with Gasteiger partial charge in [0, 0.05) is 43.0 Å². The Kier molecular flexibility index (Phi) is 6.33. The van der Waals surface area contributed by atoms with E-state index in [0.717, 1.165) is 13.1 Å². The summed E-state index contributed by atoms with van der Waals surface area (Å²) in [6.07, 6.45) is 6.17. The first-order chi connectivity index (χ1) is 15.3. The van der Waals surface area contributed by atoms with Gasteiger partial charge in [-0.15, -0.1) is 0 Å². The topological polar surface area (TPSA) is 71.4 Å². The number of Topliss-reactive ketones (excluding diaryl/α,β-unsaturated/α-hetero) is 1. The van der Waals surface area contributed by atoms with Crippen molar-refractivity contribution in [1.29, 1.82) is 0 Å². The largest absolute Gasteiger partial charge is 0.351 e. The molecule has 2 heterocycles. The molecule has 0 bridgehead atoms. The first-order valence-corrected chi connectivity index (χ1v) is 11.7. The Morgan fingerprint density at radius 3 is 2.59 bits per heavy atom. The maximum atomic E-state index is 13.5. The van der Waals surface area contributed by atoms with Crippen molar-refractivity contribution in [3.05, 3.63) is 63.6 Å². The number of hydrogen-bond acceptors (Lipinski definition) is 4. The molecule has 170 valence electrons. The number of rotatable bonds is 5. The molecule has 1 saturated heterocycles. The average Bonchev–Trinajstić information content (AvgIpc) is 2.74. The highest BCUT2D eigenvalue weighted by atomic mass is 16.2. The highest BCUT2D eigenvalue weighted by molar-refractivity contribution is 6.04. The van der Waals surface area contributed by atoms with Crippen molar-refractivity contribution >= 4 is 11.7 Å². The van der Waals surface area contributed by atoms with Crippen LogP contribution in [0.25, 0.3) is 5.69 Å². The number of para-hydroxylation sites is 1. The smallest absolute Gasteiger partial charge is 0.268 e. The molecule has 1 amide bonds. The number of nitrogens with one attached hydrogen (secondary N) is 1. The van der Waals surface area contributed by atoms with Crippen molar-refractivity contribution in [2.45, 2.75) is 58.9 Å². The van der Waals surface area contributed by atoms with E-state index in [1.54, 1.807) is 6.20 Å². The van der Waals surface area contributed by atoms with E-state index >= 15 is 0 Å². The summed E-state index contributed by atoms with van der Waals surface area (Å²) in [5.41, 5.74) is 1.18. The van der Waals surface area contributed by atoms with E-state index in [9.17, 15) is 14.4 Å². The Morgan fingerprint density at radius 1 is 1.12 bits per heavy atom. The van der Waals surface area contributed by atoms with Crippen LogP contribution in [0.3, 0.4) is 0 Å². The number of piperidine rings is 1. The zero-order chi connectivity index (χ0) is 22.9. The summed E-state index contributed by atoms with van der Waals surface area (Å²) in [4.78, 5) is 42.2. The third kappa shape index (κ3) is 4.56. The minimum absolute atomic E-state index is 0.0166. The predicted molar refractivity (Wildman–Crippen MR) is 126 cm³/mol. The summed E-state index contributed by atoms with van der Waals surface area (Å²) in [6.45, 7) is 8.53. The van der Waals surface area contributed by atoms with Gasteiger partial charge in [0.15, 0.2) is 5.78 Å². The number of ketones is 1. The lowest BCUT2D eigenvalue weighted by atomic mass is 9.73. The number of carbonyl (C=O) groups is 2. The highest BCUT2D eigenvalue weighted by Gasteiger charge is 2.36. The van der Waals surface area contributed by atoms with Gasteiger partial charge in [-0.1, -0.05) is 38.5 Å². The molecule has 1 aliphatic carbocycles. The number of amides is 1. The second-order valence-corrected chi connectivity index (χ2v) is 9.98. The minimum atomic E-state index is -0.383. The normalized spacial score (nSPS) is 20.6. The van der Waals surface area contributed by atoms with Crippen molar-refractivity contribution in [1.82, 2.24) is 14.8 Å². The molecule has 0 spiro atoms. The first kappa shape index (κ1) is 22.5. The van der Waals surface area contributed by atoms with Crippen molar-refractivity contribution in [3.8, 4) is 5.69 Å². The van der Waals surface area contributed by atoms with Gasteiger partial charge < -0.3 is 5.32 Å². The molecule has 1 N–H and O–H groups in total. The van der Waals surface area contributed by atoms with Crippen LogP contribution in [0.2, 0.25) is 0 Å². The monoisotopic (exact) mass is 435 g/mol. The summed E-state index contributed by atoms with van der Waals surface area (Å²) >= 11 is 0. The lowest BCUT2D eigenvalue weighted by Crippen LogP contribution is -2.44. The molecular weight excluding hydrogens is 402 g/mol. The van der Waals surface area contributed by atoms with E-state index in [0.29, 0.717) is 42.2 Å². The standard InChI is InChI=1S/C26H33N3O3/c1-18-9-7-8-13-28(18)14-12-27-24(31)23-20-15-26(2,3)16-22(30)21(20)17-29(25(23)32)19-10-5-4-6-11-19/h4-6,10-11,17-18H,7-9,12-16H2,1-3H3,(H,27,31)/t18-/m1/s1. The van der Waals surface area contributed by atoms with Gasteiger partial charge in [-0.05, 0) is 55.8 Å². The van der Waals surface area contributed by atoms with Crippen LogP contribution in [-0.4, -0.2) is 46.8 Å². The van der Waals surface area contributed by atoms with Gasteiger partial charge in [-0.2, -0.15) is 0 Å². The second kappa shape index (κ2) is 9.02. The SMILES string of the molecule is C[C@@H]1CCCCN1CCNC(=O)c1c2c(cn(-c3ccccc3)c1=O)C(=O)CC(C)(C)C2. The number of pyridine rings is 1. The molecule has 1 fully saturated rings. The lowest BCUT2D eigenvalue weighted by Gasteiger charge is -2.33. The Bertz CT molecular complexity index is 1070. The summed E-state index contributed by atoms with van der Waals surface area (Å²) in [5.74, 6) is -0.399. The van der Waals surface area contributed by atoms with E-state index in [1.165, 1.54) is 23.8 Å². The van der Waals surface area contributed by atoms with Crippen molar-refractivity contribution in [3.63, 3.8) is 0 Å². The quantitative estimate of drug-likeness (QED) is 0.779. The lowest BCUT2D eigenvalue weighted by molar-refractivity contribution is 0.0907. The molecule has 6 nitrogen and oxygen atoms in total. The Labute approximate surface area is 189 Å². The Hall–Kier alpha value is -2.73. The van der Waals surface area contributed by atoms with Gasteiger partial charge >= 0.3 is 0 Å². The van der Waals surface area contributed by atoms with Crippen LogP contribution in [0, 0.1) is 5.41 Å². The molecular formula is C26H33N3O3. The fourth-order valence-corrected chi connectivity index (χ4v) is 5.05. The zero-order valence-corrected chi connectivity index (χ0v) is 19.3. The van der Waals surface area contributed by atoms with Crippen LogP contribution in [0.15, 0.2) is 41.3 Å². The molecule has 6 heteroatoms. The van der Waals surface area contributed by atoms with Crippen molar-refractivity contribution in [2.75, 3.05) is 19.6 Å². The minimum Gasteiger partial charge on any atom is -0.351 e. The van der Waals surface area contributed by atoms with Gasteiger partial charge in [0.1, 0.15) is 5.56 Å². The third-order valence-corrected chi connectivity index (χ3v) is 6.80. The van der Waals surface area contributed by atoms with E-state index in [-0.39, 0.29) is 28.2 Å². The molecule has 0 unspecified atom stereocenters. The molecule has 1 atom stereocenters. The number of nitrogens with zero attached hydrogens (tertiary/aromatic N) is 2. The molecule has 4 rings (SSSR count). The zero-order valence-electron chi connectivity index (χ0n) is 19.3. The van der Waals surface area contributed by atoms with Crippen LogP contribution >= 0.6 is 0 Å². The van der Waals surface area contributed by atoms with E-state index in [4.69, 9.17) is 0 Å². The molecule has 1 aliphatic heterocycles. The maximum Gasteiger partial charge on any atom is 0.268 e. The molecule has 1 aromatic heterocycles. The number of hydrogen-bond donors (Lipinski definition) is 1. The fraction of sp³-hybridized carbons (Fsp3) is 0.500. The summed E-state index contributed by atoms with van der Waals surface area (Å²) < 4.78 is 1.44. The fourth-order valence-electron chi connectivity index (χ4n) is 5.05. The molecule has 32 heavy (non-hydrogen) atoms. The molecule has 1 aromatic carbocycles. The van der Waals surface area contributed by atoms with E-state index in [1.807, 2.05) is 44.2 Å². The highest BCUT2D eigenvalue weighted by Crippen LogP contribution is 2.35. The summed E-state index contributed by atoms with van der Waals surface area (Å²) in [6, 6.07) is 9.68. The third-order valence-electron chi connectivity index (χ3n) is 6.80. The van der Waals surface area contributed by atoms with Gasteiger partial charge in [-0.3, -0.25) is 23.9 Å². The van der Waals surface area contributed by atoms with Crippen LogP contribution < -0.4 is 10.9 Å². The number of likely N-dealkylation sites (tertiary alicyclic amines) is 1. The Balaban J connectivity index is 1.68. The number of aromatic nitrogens is 1. The van der Waals surface area contributed by atoms with E-state index < -0.39 is 0 Å². The van der Waals surface area contributed by atoms with Gasteiger partial charge in [0.2, 0.25) is 0 Å². The predicted octanol–water partition coefficient (Wildman–Crippen LogP) is 3.60. The van der Waals surface area contributed by atoms with Crippen LogP contribution in [-0.2, 0) is 6.42 Å². The first-order valence-electron chi connectivity index (χ1n) is 11.7. The van der Waals surface area contributed by atoms with Gasteiger partial charge in [0.05, 0.1) is 0 Å². The summed E-state index contributed by atoms with van der Waals surface area (Å²) in [5, 5.41) is 2.97. The van der Waals surface area contributed by atoms with Crippen LogP contribution in [0.1, 0.15) is 72.7 Å². The Morgan fingerprint density at radius 2 is 1.88 bits per heavy atom. The van der Waals surface area contributed by atoms with Gasteiger partial charge in [0.25, 0.3) is 11.5 Å². The molecule has 0 radical (unpaired) electrons. The van der Waals surface area contributed by atoms with Crippen LogP contribution in [0.5, 0.6) is 0 Å². The second-order valence-electron chi connectivity index (χ2n) is 9.98. The van der Waals surface area contributed by atoms with Crippen molar-refractivity contribution < 1.29 is 9.59 Å². The number of benzene rings is 1. The average molecular weight is 436 g/mol. The molecule has 0 saturated carbocycles. The number of fused-ring (bicyclic) bond motifs is 1. The number of carbonyl (C=O) groups excluding carboxylic acids is 2. The summed E-state index contributed by atoms with van der Waals surface area (Å²) in [7, 11) is 0. The van der Waals surface area contributed by atoms with E-state index in [2.05, 4.69) is 17.1 Å². The molecule has 2 aromatic rings.